The quantitative estimate of drug-likeness (QED) is 0.721. The second kappa shape index (κ2) is 6.67. The molecular weight excluding hydrogens is 255 g/mol. The Labute approximate surface area is 112 Å². The molecule has 0 aliphatic rings. The number of halogens is 2. The number of benzene rings is 1. The monoisotopic (exact) mass is 270 g/mol. The second-order valence-corrected chi connectivity index (χ2v) is 4.47. The van der Waals surface area contributed by atoms with Crippen LogP contribution in [0.1, 0.15) is 26.0 Å². The molecule has 17 heavy (non-hydrogen) atoms. The van der Waals surface area contributed by atoms with Crippen molar-refractivity contribution in [2.45, 2.75) is 27.2 Å². The highest BCUT2D eigenvalue weighted by Crippen LogP contribution is 2.22. The summed E-state index contributed by atoms with van der Waals surface area (Å²) in [5.41, 5.74) is 1.81. The summed E-state index contributed by atoms with van der Waals surface area (Å²) in [5, 5.41) is 5.28. The highest BCUT2D eigenvalue weighted by molar-refractivity contribution is 6.32. The molecule has 0 aliphatic carbocycles. The van der Waals surface area contributed by atoms with Gasteiger partial charge in [0, 0.05) is 5.69 Å². The van der Waals surface area contributed by atoms with E-state index < -0.39 is 0 Å². The molecule has 0 unspecified atom stereocenters. The Morgan fingerprint density at radius 2 is 1.76 bits per heavy atom. The number of hydrogen-bond donors (Lipinski definition) is 0. The van der Waals surface area contributed by atoms with Crippen molar-refractivity contribution in [3.63, 3.8) is 0 Å². The van der Waals surface area contributed by atoms with E-state index >= 15 is 0 Å². The first kappa shape index (κ1) is 14.1. The Hall–Kier alpha value is -0.990. The first-order chi connectivity index (χ1) is 8.10. The van der Waals surface area contributed by atoms with E-state index in [1.807, 2.05) is 31.2 Å². The molecule has 0 atom stereocenters. The van der Waals surface area contributed by atoms with E-state index in [1.165, 1.54) is 6.42 Å². The zero-order valence-electron chi connectivity index (χ0n) is 10.2. The van der Waals surface area contributed by atoms with Crippen molar-refractivity contribution in [3.8, 4) is 5.69 Å². The molecule has 2 rings (SSSR count). The fourth-order valence-electron chi connectivity index (χ4n) is 1.30. The molecule has 0 bridgehead atoms. The molecular formula is C13H16Cl2N2. The molecule has 0 saturated carbocycles. The van der Waals surface area contributed by atoms with Crippen molar-refractivity contribution in [3.05, 3.63) is 46.2 Å². The zero-order chi connectivity index (χ0) is 12.8. The smallest absolute Gasteiger partial charge is 0.151 e. The van der Waals surface area contributed by atoms with E-state index in [0.29, 0.717) is 10.2 Å². The van der Waals surface area contributed by atoms with Gasteiger partial charge in [-0.2, -0.15) is 5.10 Å². The van der Waals surface area contributed by atoms with Gasteiger partial charge in [-0.05, 0) is 25.1 Å². The number of aryl methyl sites for hydroxylation is 1. The molecule has 0 spiro atoms. The first-order valence-electron chi connectivity index (χ1n) is 5.57. The van der Waals surface area contributed by atoms with Crippen LogP contribution in [0.15, 0.2) is 30.3 Å². The van der Waals surface area contributed by atoms with Crippen LogP contribution < -0.4 is 0 Å². The minimum atomic E-state index is 0.474. The van der Waals surface area contributed by atoms with E-state index in [-0.39, 0.29) is 0 Å². The van der Waals surface area contributed by atoms with Crippen molar-refractivity contribution >= 4 is 23.2 Å². The van der Waals surface area contributed by atoms with Crippen LogP contribution in [-0.2, 0) is 0 Å². The molecule has 0 fully saturated rings. The highest BCUT2D eigenvalue weighted by Gasteiger charge is 2.06. The normalized spacial score (nSPS) is 9.71. The lowest BCUT2D eigenvalue weighted by atomic mass is 10.3. The molecule has 1 aromatic carbocycles. The predicted octanol–water partition coefficient (Wildman–Crippen LogP) is 4.90. The third-order valence-electron chi connectivity index (χ3n) is 1.94. The SMILES string of the molecule is CCC.Cc1cc(Cl)nn1-c1ccccc1Cl. The molecule has 4 heteroatoms. The molecule has 2 aromatic rings. The Kier molecular flexibility index (Phi) is 5.52. The van der Waals surface area contributed by atoms with Crippen molar-refractivity contribution in [1.29, 1.82) is 0 Å². The maximum absolute atomic E-state index is 6.04. The molecule has 1 aromatic heterocycles. The number of nitrogens with zero attached hydrogens (tertiary/aromatic N) is 2. The van der Waals surface area contributed by atoms with Gasteiger partial charge in [-0.3, -0.25) is 0 Å². The Balaban J connectivity index is 0.000000437. The van der Waals surface area contributed by atoms with E-state index in [1.54, 1.807) is 10.7 Å². The summed E-state index contributed by atoms with van der Waals surface area (Å²) in [6, 6.07) is 9.32. The topological polar surface area (TPSA) is 17.8 Å². The molecule has 0 radical (unpaired) electrons. The van der Waals surface area contributed by atoms with Crippen molar-refractivity contribution in [2.75, 3.05) is 0 Å². The van der Waals surface area contributed by atoms with Crippen molar-refractivity contribution in [2.24, 2.45) is 0 Å². The van der Waals surface area contributed by atoms with Gasteiger partial charge in [0.15, 0.2) is 5.15 Å². The van der Waals surface area contributed by atoms with Crippen LogP contribution in [0.5, 0.6) is 0 Å². The lowest BCUT2D eigenvalue weighted by molar-refractivity contribution is 0.848. The average Bonchev–Trinajstić information content (AvgIpc) is 2.60. The maximum Gasteiger partial charge on any atom is 0.151 e. The standard InChI is InChI=1S/C10H8Cl2N2.C3H8/c1-7-6-10(12)13-14(7)9-5-3-2-4-8(9)11;1-3-2/h2-6H,1H3;3H2,1-2H3. The van der Waals surface area contributed by atoms with Gasteiger partial charge in [0.1, 0.15) is 0 Å². The second-order valence-electron chi connectivity index (χ2n) is 3.68. The minimum absolute atomic E-state index is 0.474. The van der Waals surface area contributed by atoms with Crippen LogP contribution in [0.25, 0.3) is 5.69 Å². The lowest BCUT2D eigenvalue weighted by Gasteiger charge is -2.05. The number of rotatable bonds is 1. The Morgan fingerprint density at radius 3 is 2.24 bits per heavy atom. The summed E-state index contributed by atoms with van der Waals surface area (Å²) in [5.74, 6) is 0. The van der Waals surface area contributed by atoms with Gasteiger partial charge in [-0.1, -0.05) is 55.6 Å². The summed E-state index contributed by atoms with van der Waals surface area (Å²) < 4.78 is 1.73. The molecule has 92 valence electrons. The first-order valence-corrected chi connectivity index (χ1v) is 6.32. The zero-order valence-corrected chi connectivity index (χ0v) is 11.8. The van der Waals surface area contributed by atoms with Crippen LogP contribution in [0.4, 0.5) is 0 Å². The van der Waals surface area contributed by atoms with E-state index in [9.17, 15) is 0 Å². The number of para-hydroxylation sites is 1. The molecule has 0 N–H and O–H groups in total. The maximum atomic E-state index is 6.04. The Morgan fingerprint density at radius 1 is 1.18 bits per heavy atom. The summed E-state index contributed by atoms with van der Waals surface area (Å²) in [6.07, 6.45) is 1.25. The average molecular weight is 271 g/mol. The van der Waals surface area contributed by atoms with Gasteiger partial charge < -0.3 is 0 Å². The Bertz CT molecular complexity index is 478. The largest absolute Gasteiger partial charge is 0.235 e. The fraction of sp³-hybridized carbons (Fsp3) is 0.308. The van der Waals surface area contributed by atoms with Crippen LogP contribution in [-0.4, -0.2) is 9.78 Å². The van der Waals surface area contributed by atoms with Crippen LogP contribution in [0, 0.1) is 6.92 Å². The van der Waals surface area contributed by atoms with Gasteiger partial charge in [0.05, 0.1) is 10.7 Å². The predicted molar refractivity (Wildman–Crippen MR) is 74.3 cm³/mol. The summed E-state index contributed by atoms with van der Waals surface area (Å²) in [6.45, 7) is 6.18. The highest BCUT2D eigenvalue weighted by atomic mass is 35.5. The van der Waals surface area contributed by atoms with Crippen LogP contribution in [0.2, 0.25) is 10.2 Å². The van der Waals surface area contributed by atoms with E-state index in [4.69, 9.17) is 23.2 Å². The van der Waals surface area contributed by atoms with Gasteiger partial charge in [0.25, 0.3) is 0 Å². The minimum Gasteiger partial charge on any atom is -0.235 e. The number of hydrogen-bond acceptors (Lipinski definition) is 1. The van der Waals surface area contributed by atoms with Crippen LogP contribution in [0.3, 0.4) is 0 Å². The van der Waals surface area contributed by atoms with Gasteiger partial charge in [-0.15, -0.1) is 0 Å². The van der Waals surface area contributed by atoms with Crippen molar-refractivity contribution < 1.29 is 0 Å². The molecule has 0 aliphatic heterocycles. The summed E-state index contributed by atoms with van der Waals surface area (Å²) in [7, 11) is 0. The van der Waals surface area contributed by atoms with E-state index in [0.717, 1.165) is 11.4 Å². The van der Waals surface area contributed by atoms with Gasteiger partial charge in [-0.25, -0.2) is 4.68 Å². The third-order valence-corrected chi connectivity index (χ3v) is 2.44. The molecule has 0 amide bonds. The molecule has 1 heterocycles. The third kappa shape index (κ3) is 3.76. The molecule has 0 saturated heterocycles. The summed E-state index contributed by atoms with van der Waals surface area (Å²) >= 11 is 11.8. The van der Waals surface area contributed by atoms with Gasteiger partial charge in [0.2, 0.25) is 0 Å². The lowest BCUT2D eigenvalue weighted by Crippen LogP contribution is -1.98. The van der Waals surface area contributed by atoms with E-state index in [2.05, 4.69) is 18.9 Å². The van der Waals surface area contributed by atoms with Crippen LogP contribution >= 0.6 is 23.2 Å². The van der Waals surface area contributed by atoms with Gasteiger partial charge >= 0.3 is 0 Å². The fourth-order valence-corrected chi connectivity index (χ4v) is 1.75. The summed E-state index contributed by atoms with van der Waals surface area (Å²) in [4.78, 5) is 0. The van der Waals surface area contributed by atoms with Crippen molar-refractivity contribution in [1.82, 2.24) is 9.78 Å². The molecule has 2 nitrogen and oxygen atoms in total. The number of aromatic nitrogens is 2.